The van der Waals surface area contributed by atoms with Gasteiger partial charge in [-0.15, -0.1) is 0 Å². The Morgan fingerprint density at radius 3 is 2.16 bits per heavy atom. The average molecular weight is 359 g/mol. The number of benzene rings is 1. The van der Waals surface area contributed by atoms with E-state index in [1.54, 1.807) is 30.3 Å². The monoisotopic (exact) mass is 359 g/mol. The van der Waals surface area contributed by atoms with E-state index < -0.39 is 41.9 Å². The molecule has 136 valence electrons. The van der Waals surface area contributed by atoms with Crippen LogP contribution in [0.4, 0.5) is 13.2 Å². The number of aliphatic imine (C=N–C) groups is 1. The zero-order chi connectivity index (χ0) is 19.0. The van der Waals surface area contributed by atoms with E-state index in [0.717, 1.165) is 14.2 Å². The molecule has 0 spiro atoms. The van der Waals surface area contributed by atoms with Crippen molar-refractivity contribution in [2.24, 2.45) is 10.9 Å². The third-order valence-electron chi connectivity index (χ3n) is 3.17. The minimum Gasteiger partial charge on any atom is -0.469 e. The number of esters is 2. The SMILES string of the molecule is COC(=O)CC(=NCc1ccccc1)C(C(=O)OC)C(=O)C(F)(F)F. The van der Waals surface area contributed by atoms with Crippen LogP contribution >= 0.6 is 0 Å². The van der Waals surface area contributed by atoms with Gasteiger partial charge in [-0.3, -0.25) is 19.4 Å². The van der Waals surface area contributed by atoms with E-state index >= 15 is 0 Å². The fourth-order valence-corrected chi connectivity index (χ4v) is 1.92. The topological polar surface area (TPSA) is 82.0 Å². The summed E-state index contributed by atoms with van der Waals surface area (Å²) in [4.78, 5) is 38.7. The standard InChI is InChI=1S/C16H16F3NO5/c1-24-12(21)8-11(20-9-10-6-4-3-5-7-10)13(15(23)25-2)14(22)16(17,18)19/h3-7,13H,8-9H2,1-2H3. The molecule has 1 rings (SSSR count). The first-order chi connectivity index (χ1) is 11.7. The number of rotatable bonds is 7. The molecule has 0 aliphatic heterocycles. The smallest absolute Gasteiger partial charge is 0.451 e. The van der Waals surface area contributed by atoms with Crippen LogP contribution in [0.5, 0.6) is 0 Å². The second kappa shape index (κ2) is 8.95. The molecule has 1 atom stereocenters. The van der Waals surface area contributed by atoms with Gasteiger partial charge < -0.3 is 9.47 Å². The highest BCUT2D eigenvalue weighted by atomic mass is 19.4. The Morgan fingerprint density at radius 1 is 1.08 bits per heavy atom. The highest BCUT2D eigenvalue weighted by molar-refractivity contribution is 6.23. The van der Waals surface area contributed by atoms with Crippen molar-refractivity contribution in [3.63, 3.8) is 0 Å². The highest BCUT2D eigenvalue weighted by Gasteiger charge is 2.49. The van der Waals surface area contributed by atoms with E-state index in [-0.39, 0.29) is 6.54 Å². The van der Waals surface area contributed by atoms with Crippen molar-refractivity contribution >= 4 is 23.4 Å². The summed E-state index contributed by atoms with van der Waals surface area (Å²) in [5.74, 6) is -7.09. The molecule has 25 heavy (non-hydrogen) atoms. The quantitative estimate of drug-likeness (QED) is 0.423. The van der Waals surface area contributed by atoms with Crippen molar-refractivity contribution in [2.75, 3.05) is 14.2 Å². The van der Waals surface area contributed by atoms with E-state index in [1.165, 1.54) is 0 Å². The molecule has 0 saturated heterocycles. The molecule has 0 bridgehead atoms. The number of carbonyl (C=O) groups excluding carboxylic acids is 3. The number of halogens is 3. The van der Waals surface area contributed by atoms with E-state index in [0.29, 0.717) is 5.56 Å². The summed E-state index contributed by atoms with van der Waals surface area (Å²) < 4.78 is 47.1. The lowest BCUT2D eigenvalue weighted by atomic mass is 9.95. The number of hydrogen-bond donors (Lipinski definition) is 0. The summed E-state index contributed by atoms with van der Waals surface area (Å²) in [5, 5.41) is 0. The maximum atomic E-state index is 12.8. The van der Waals surface area contributed by atoms with Gasteiger partial charge in [0.2, 0.25) is 0 Å². The first-order valence-corrected chi connectivity index (χ1v) is 7.03. The molecule has 0 aromatic heterocycles. The van der Waals surface area contributed by atoms with Gasteiger partial charge in [0, 0.05) is 5.71 Å². The van der Waals surface area contributed by atoms with Gasteiger partial charge in [-0.05, 0) is 5.56 Å². The number of nitrogens with zero attached hydrogens (tertiary/aromatic N) is 1. The molecular weight excluding hydrogens is 343 g/mol. The van der Waals surface area contributed by atoms with Crippen LogP contribution in [0.1, 0.15) is 12.0 Å². The maximum Gasteiger partial charge on any atom is 0.451 e. The first-order valence-electron chi connectivity index (χ1n) is 7.03. The Hall–Kier alpha value is -2.71. The van der Waals surface area contributed by atoms with Gasteiger partial charge in [0.1, 0.15) is 0 Å². The third kappa shape index (κ3) is 6.02. The van der Waals surface area contributed by atoms with Gasteiger partial charge >= 0.3 is 18.1 Å². The fourth-order valence-electron chi connectivity index (χ4n) is 1.92. The van der Waals surface area contributed by atoms with Crippen LogP contribution in [-0.4, -0.2) is 43.8 Å². The molecule has 1 aromatic carbocycles. The van der Waals surface area contributed by atoms with Crippen LogP contribution in [0, 0.1) is 5.92 Å². The summed E-state index contributed by atoms with van der Waals surface area (Å²) in [6.45, 7) is -0.119. The zero-order valence-corrected chi connectivity index (χ0v) is 13.5. The second-order valence-corrected chi connectivity index (χ2v) is 4.86. The van der Waals surface area contributed by atoms with Crippen LogP contribution in [0.2, 0.25) is 0 Å². The summed E-state index contributed by atoms with van der Waals surface area (Å²) in [6.07, 6.45) is -6.03. The Balaban J connectivity index is 3.26. The molecule has 1 unspecified atom stereocenters. The molecule has 0 heterocycles. The van der Waals surface area contributed by atoms with Crippen LogP contribution in [0.15, 0.2) is 35.3 Å². The largest absolute Gasteiger partial charge is 0.469 e. The number of carbonyl (C=O) groups is 3. The molecule has 0 saturated carbocycles. The summed E-state index contributed by atoms with van der Waals surface area (Å²) in [6, 6.07) is 8.40. The lowest BCUT2D eigenvalue weighted by Crippen LogP contribution is -2.41. The number of ketones is 1. The Labute approximate surface area is 141 Å². The molecule has 0 amide bonds. The molecule has 0 aliphatic carbocycles. The number of alkyl halides is 3. The highest BCUT2D eigenvalue weighted by Crippen LogP contribution is 2.24. The zero-order valence-electron chi connectivity index (χ0n) is 13.5. The predicted octanol–water partition coefficient (Wildman–Crippen LogP) is 2.11. The summed E-state index contributed by atoms with van der Waals surface area (Å²) in [7, 11) is 1.86. The van der Waals surface area contributed by atoms with Gasteiger partial charge in [-0.1, -0.05) is 30.3 Å². The fraction of sp³-hybridized carbons (Fsp3) is 0.375. The van der Waals surface area contributed by atoms with E-state index in [2.05, 4.69) is 14.5 Å². The number of methoxy groups -OCH3 is 2. The Morgan fingerprint density at radius 2 is 1.68 bits per heavy atom. The van der Waals surface area contributed by atoms with Crippen molar-refractivity contribution in [2.45, 2.75) is 19.1 Å². The minimum absolute atomic E-state index is 0.119. The number of ether oxygens (including phenoxy) is 2. The lowest BCUT2D eigenvalue weighted by Gasteiger charge is -2.17. The third-order valence-corrected chi connectivity index (χ3v) is 3.17. The van der Waals surface area contributed by atoms with Crippen LogP contribution in [0.25, 0.3) is 0 Å². The Bertz CT molecular complexity index is 655. The van der Waals surface area contributed by atoms with E-state index in [4.69, 9.17) is 0 Å². The van der Waals surface area contributed by atoms with Crippen molar-refractivity contribution < 1.29 is 37.0 Å². The summed E-state index contributed by atoms with van der Waals surface area (Å²) in [5.41, 5.74) is 0.0535. The normalized spacial score (nSPS) is 13.1. The molecule has 1 aromatic rings. The number of hydrogen-bond acceptors (Lipinski definition) is 6. The van der Waals surface area contributed by atoms with Crippen molar-refractivity contribution in [3.8, 4) is 0 Å². The average Bonchev–Trinajstić information content (AvgIpc) is 2.59. The van der Waals surface area contributed by atoms with Crippen molar-refractivity contribution in [3.05, 3.63) is 35.9 Å². The molecule has 0 N–H and O–H groups in total. The molecule has 6 nitrogen and oxygen atoms in total. The van der Waals surface area contributed by atoms with Crippen LogP contribution in [0.3, 0.4) is 0 Å². The summed E-state index contributed by atoms with van der Waals surface area (Å²) >= 11 is 0. The first kappa shape index (κ1) is 20.3. The maximum absolute atomic E-state index is 12.8. The van der Waals surface area contributed by atoms with Gasteiger partial charge in [-0.25, -0.2) is 0 Å². The van der Waals surface area contributed by atoms with Crippen molar-refractivity contribution in [1.82, 2.24) is 0 Å². The molecule has 9 heteroatoms. The lowest BCUT2D eigenvalue weighted by molar-refractivity contribution is -0.177. The van der Waals surface area contributed by atoms with Crippen LogP contribution in [-0.2, 0) is 30.4 Å². The van der Waals surface area contributed by atoms with E-state index in [1.807, 2.05) is 0 Å². The van der Waals surface area contributed by atoms with Crippen LogP contribution < -0.4 is 0 Å². The van der Waals surface area contributed by atoms with Gasteiger partial charge in [0.15, 0.2) is 5.92 Å². The molecule has 0 radical (unpaired) electrons. The van der Waals surface area contributed by atoms with Gasteiger partial charge in [0.25, 0.3) is 5.78 Å². The molecule has 0 fully saturated rings. The second-order valence-electron chi connectivity index (χ2n) is 4.86. The Kier molecular flexibility index (Phi) is 7.28. The molecule has 0 aliphatic rings. The predicted molar refractivity (Wildman–Crippen MR) is 80.8 cm³/mol. The van der Waals surface area contributed by atoms with Gasteiger partial charge in [0.05, 0.1) is 27.2 Å². The van der Waals surface area contributed by atoms with Gasteiger partial charge in [-0.2, -0.15) is 13.2 Å². The van der Waals surface area contributed by atoms with E-state index in [9.17, 15) is 27.6 Å². The van der Waals surface area contributed by atoms with Crippen molar-refractivity contribution in [1.29, 1.82) is 0 Å². The number of Topliss-reactive ketones (excluding diaryl/α,β-unsaturated/α-hetero) is 1. The minimum atomic E-state index is -5.29. The molecular formula is C16H16F3NO5.